The Bertz CT molecular complexity index is 170. The van der Waals surface area contributed by atoms with E-state index in [1.54, 1.807) is 0 Å². The highest BCUT2D eigenvalue weighted by Gasteiger charge is 2.38. The fourth-order valence-corrected chi connectivity index (χ4v) is 0.789. The third-order valence-electron chi connectivity index (χ3n) is 1.38. The number of Topliss-reactive ketones (excluding diaryl/α,β-unsaturated/α-hetero) is 1. The molecule has 0 aromatic carbocycles. The average molecular weight is 143 g/mol. The quantitative estimate of drug-likeness (QED) is 0.425. The van der Waals surface area contributed by atoms with Crippen LogP contribution in [0, 0.1) is 0 Å². The summed E-state index contributed by atoms with van der Waals surface area (Å²) in [5.74, 6) is -0.322. The predicted octanol–water partition coefficient (Wildman–Crippen LogP) is -1.78. The zero-order valence-electron chi connectivity index (χ0n) is 5.36. The van der Waals surface area contributed by atoms with Gasteiger partial charge in [-0.1, -0.05) is 0 Å². The van der Waals surface area contributed by atoms with Gasteiger partial charge in [0.1, 0.15) is 6.04 Å². The number of ketones is 1. The number of carbonyl (C=O) groups is 1. The molecule has 1 saturated heterocycles. The van der Waals surface area contributed by atoms with Crippen LogP contribution in [0.1, 0.15) is 0 Å². The van der Waals surface area contributed by atoms with Gasteiger partial charge in [-0.3, -0.25) is 15.5 Å². The summed E-state index contributed by atoms with van der Waals surface area (Å²) in [5, 5.41) is 0. The van der Waals surface area contributed by atoms with Crippen LogP contribution in [0.3, 0.4) is 0 Å². The maximum atomic E-state index is 10.8. The third-order valence-corrected chi connectivity index (χ3v) is 1.38. The Balaban J connectivity index is 2.70. The summed E-state index contributed by atoms with van der Waals surface area (Å²) in [7, 11) is 0. The first-order chi connectivity index (χ1) is 4.66. The van der Waals surface area contributed by atoms with Gasteiger partial charge in [0.05, 0.1) is 0 Å². The SMILES string of the molecule is C=NC1OC(N)C(=O)C1N. The molecule has 0 aromatic heterocycles. The Labute approximate surface area is 58.0 Å². The molecule has 4 N–H and O–H groups in total. The molecule has 1 heterocycles. The zero-order valence-corrected chi connectivity index (χ0v) is 5.36. The second-order valence-electron chi connectivity index (χ2n) is 2.06. The zero-order chi connectivity index (χ0) is 7.72. The van der Waals surface area contributed by atoms with Gasteiger partial charge in [-0.05, 0) is 6.72 Å². The molecule has 5 nitrogen and oxygen atoms in total. The monoisotopic (exact) mass is 143 g/mol. The molecule has 0 aromatic rings. The molecule has 5 heteroatoms. The lowest BCUT2D eigenvalue weighted by molar-refractivity contribution is -0.122. The Kier molecular flexibility index (Phi) is 1.80. The van der Waals surface area contributed by atoms with E-state index >= 15 is 0 Å². The maximum absolute atomic E-state index is 10.8. The van der Waals surface area contributed by atoms with E-state index in [2.05, 4.69) is 11.7 Å². The van der Waals surface area contributed by atoms with Gasteiger partial charge in [-0.25, -0.2) is 0 Å². The van der Waals surface area contributed by atoms with Crippen molar-refractivity contribution in [3.05, 3.63) is 0 Å². The van der Waals surface area contributed by atoms with Gasteiger partial charge in [0, 0.05) is 0 Å². The van der Waals surface area contributed by atoms with Gasteiger partial charge in [0.2, 0.25) is 0 Å². The fraction of sp³-hybridized carbons (Fsp3) is 0.600. The summed E-state index contributed by atoms with van der Waals surface area (Å²) in [4.78, 5) is 14.3. The summed E-state index contributed by atoms with van der Waals surface area (Å²) in [5.41, 5.74) is 10.5. The van der Waals surface area contributed by atoms with Crippen molar-refractivity contribution in [3.63, 3.8) is 0 Å². The largest absolute Gasteiger partial charge is 0.329 e. The number of nitrogens with zero attached hydrogens (tertiary/aromatic N) is 1. The van der Waals surface area contributed by atoms with Crippen molar-refractivity contribution in [2.45, 2.75) is 18.5 Å². The lowest BCUT2D eigenvalue weighted by Crippen LogP contribution is -2.37. The number of aliphatic imine (C=N–C) groups is 1. The number of hydrogen-bond acceptors (Lipinski definition) is 5. The van der Waals surface area contributed by atoms with Crippen molar-refractivity contribution in [3.8, 4) is 0 Å². The molecular formula is C5H9N3O2. The summed E-state index contributed by atoms with van der Waals surface area (Å²) < 4.78 is 4.81. The molecule has 3 unspecified atom stereocenters. The van der Waals surface area contributed by atoms with Crippen LogP contribution in [0.4, 0.5) is 0 Å². The molecule has 0 bridgehead atoms. The number of hydrogen-bond donors (Lipinski definition) is 2. The van der Waals surface area contributed by atoms with Gasteiger partial charge in [0.25, 0.3) is 0 Å². The minimum atomic E-state index is -0.925. The molecule has 0 radical (unpaired) electrons. The van der Waals surface area contributed by atoms with Crippen molar-refractivity contribution in [1.29, 1.82) is 0 Å². The van der Waals surface area contributed by atoms with Gasteiger partial charge in [-0.2, -0.15) is 0 Å². The Morgan fingerprint density at radius 3 is 2.40 bits per heavy atom. The van der Waals surface area contributed by atoms with Crippen molar-refractivity contribution >= 4 is 12.5 Å². The Morgan fingerprint density at radius 2 is 2.20 bits per heavy atom. The lowest BCUT2D eigenvalue weighted by Gasteiger charge is -2.04. The van der Waals surface area contributed by atoms with Crippen LogP contribution in [0.2, 0.25) is 0 Å². The minimum absolute atomic E-state index is 0.322. The van der Waals surface area contributed by atoms with Crippen molar-refractivity contribution < 1.29 is 9.53 Å². The molecule has 10 heavy (non-hydrogen) atoms. The van der Waals surface area contributed by atoms with E-state index in [0.29, 0.717) is 0 Å². The van der Waals surface area contributed by atoms with Crippen LogP contribution in [-0.2, 0) is 9.53 Å². The van der Waals surface area contributed by atoms with E-state index in [-0.39, 0.29) is 5.78 Å². The Morgan fingerprint density at radius 1 is 1.60 bits per heavy atom. The second kappa shape index (κ2) is 2.45. The summed E-state index contributed by atoms with van der Waals surface area (Å²) in [6.45, 7) is 3.20. The van der Waals surface area contributed by atoms with Crippen LogP contribution in [0.15, 0.2) is 4.99 Å². The molecule has 1 rings (SSSR count). The predicted molar refractivity (Wildman–Crippen MR) is 35.4 cm³/mol. The molecule has 1 aliphatic heterocycles. The van der Waals surface area contributed by atoms with Crippen LogP contribution >= 0.6 is 0 Å². The van der Waals surface area contributed by atoms with Crippen molar-refractivity contribution in [1.82, 2.24) is 0 Å². The smallest absolute Gasteiger partial charge is 0.197 e. The molecule has 0 spiro atoms. The average Bonchev–Trinajstić information content (AvgIpc) is 2.17. The number of rotatable bonds is 1. The molecule has 0 aliphatic carbocycles. The van der Waals surface area contributed by atoms with E-state index in [4.69, 9.17) is 16.2 Å². The molecular weight excluding hydrogens is 134 g/mol. The fourth-order valence-electron chi connectivity index (χ4n) is 0.789. The minimum Gasteiger partial charge on any atom is -0.329 e. The van der Waals surface area contributed by atoms with Gasteiger partial charge >= 0.3 is 0 Å². The molecule has 0 amide bonds. The van der Waals surface area contributed by atoms with Crippen LogP contribution in [0.5, 0.6) is 0 Å². The van der Waals surface area contributed by atoms with Crippen LogP contribution < -0.4 is 11.5 Å². The highest BCUT2D eigenvalue weighted by Crippen LogP contribution is 2.11. The molecule has 1 fully saturated rings. The Hall–Kier alpha value is -0.780. The van der Waals surface area contributed by atoms with Crippen molar-refractivity contribution in [2.75, 3.05) is 0 Å². The molecule has 1 aliphatic rings. The summed E-state index contributed by atoms with van der Waals surface area (Å²) in [6, 6.07) is -0.743. The lowest BCUT2D eigenvalue weighted by atomic mass is 10.2. The van der Waals surface area contributed by atoms with Gasteiger partial charge < -0.3 is 10.5 Å². The van der Waals surface area contributed by atoms with Crippen molar-refractivity contribution in [2.24, 2.45) is 16.5 Å². The maximum Gasteiger partial charge on any atom is 0.197 e. The normalized spacial score (nSPS) is 40.2. The van der Waals surface area contributed by atoms with E-state index in [0.717, 1.165) is 0 Å². The first-order valence-electron chi connectivity index (χ1n) is 2.83. The van der Waals surface area contributed by atoms with E-state index in [1.807, 2.05) is 0 Å². The number of nitrogens with two attached hydrogens (primary N) is 2. The first-order valence-corrected chi connectivity index (χ1v) is 2.83. The van der Waals surface area contributed by atoms with Gasteiger partial charge in [0.15, 0.2) is 18.2 Å². The van der Waals surface area contributed by atoms with Crippen LogP contribution in [-0.4, -0.2) is 31.0 Å². The van der Waals surface area contributed by atoms with Crippen LogP contribution in [0.25, 0.3) is 0 Å². The van der Waals surface area contributed by atoms with Gasteiger partial charge in [-0.15, -0.1) is 0 Å². The standard InChI is InChI=1S/C5H9N3O2/c1-8-5-2(6)3(9)4(7)10-5/h2,4-5H,1,6-7H2. The highest BCUT2D eigenvalue weighted by atomic mass is 16.5. The topological polar surface area (TPSA) is 90.7 Å². The number of ether oxygens (including phenoxy) is 1. The third kappa shape index (κ3) is 0.942. The summed E-state index contributed by atoms with van der Waals surface area (Å²) in [6.07, 6.45) is -1.59. The van der Waals surface area contributed by atoms with E-state index < -0.39 is 18.5 Å². The van der Waals surface area contributed by atoms with E-state index in [1.165, 1.54) is 0 Å². The van der Waals surface area contributed by atoms with E-state index in [9.17, 15) is 4.79 Å². The second-order valence-corrected chi connectivity index (χ2v) is 2.06. The molecule has 3 atom stereocenters. The first kappa shape index (κ1) is 7.33. The highest BCUT2D eigenvalue weighted by molar-refractivity contribution is 5.89. The molecule has 0 saturated carbocycles. The molecule has 56 valence electrons. The number of carbonyl (C=O) groups excluding carboxylic acids is 1. The summed E-state index contributed by atoms with van der Waals surface area (Å²) >= 11 is 0.